The summed E-state index contributed by atoms with van der Waals surface area (Å²) in [6, 6.07) is 2.68. The molecule has 0 saturated carbocycles. The summed E-state index contributed by atoms with van der Waals surface area (Å²) in [4.78, 5) is 0. The average Bonchev–Trinajstić information content (AvgIpc) is 2.81. The Morgan fingerprint density at radius 2 is 2.06 bits per heavy atom. The van der Waals surface area contributed by atoms with Crippen LogP contribution in [-0.4, -0.2) is 22.9 Å². The second-order valence-corrected chi connectivity index (χ2v) is 4.83. The zero-order valence-corrected chi connectivity index (χ0v) is 11.7. The maximum absolute atomic E-state index is 4.67. The third-order valence-corrected chi connectivity index (χ3v) is 3.46. The van der Waals surface area contributed by atoms with Gasteiger partial charge in [-0.25, -0.2) is 0 Å². The molecule has 1 aromatic rings. The Morgan fingerprint density at radius 1 is 1.29 bits per heavy atom. The van der Waals surface area contributed by atoms with Gasteiger partial charge in [0.1, 0.15) is 0 Å². The van der Waals surface area contributed by atoms with E-state index in [1.165, 1.54) is 12.1 Å². The summed E-state index contributed by atoms with van der Waals surface area (Å²) in [7, 11) is 0. The Balaban J connectivity index is 2.52. The maximum atomic E-state index is 4.67. The lowest BCUT2D eigenvalue weighted by Crippen LogP contribution is -2.23. The minimum absolute atomic E-state index is 0.512. The van der Waals surface area contributed by atoms with Crippen LogP contribution in [-0.2, 0) is 6.42 Å². The van der Waals surface area contributed by atoms with Crippen LogP contribution in [0.2, 0.25) is 0 Å². The van der Waals surface area contributed by atoms with Crippen LogP contribution in [0, 0.1) is 5.92 Å². The quantitative estimate of drug-likeness (QED) is 0.753. The largest absolute Gasteiger partial charge is 0.317 e. The van der Waals surface area contributed by atoms with Gasteiger partial charge in [-0.3, -0.25) is 4.68 Å². The first-order chi connectivity index (χ1) is 8.21. The van der Waals surface area contributed by atoms with Crippen molar-refractivity contribution >= 4 is 0 Å². The molecule has 0 aliphatic rings. The van der Waals surface area contributed by atoms with E-state index >= 15 is 0 Å². The van der Waals surface area contributed by atoms with Gasteiger partial charge in [0.2, 0.25) is 0 Å². The lowest BCUT2D eigenvalue weighted by atomic mass is 10.0. The molecule has 2 unspecified atom stereocenters. The number of nitrogens with one attached hydrogen (secondary N) is 1. The zero-order chi connectivity index (χ0) is 12.7. The second-order valence-electron chi connectivity index (χ2n) is 4.83. The summed E-state index contributed by atoms with van der Waals surface area (Å²) in [5.41, 5.74) is 1.23. The van der Waals surface area contributed by atoms with Gasteiger partial charge in [-0.05, 0) is 44.8 Å². The van der Waals surface area contributed by atoms with Gasteiger partial charge in [0.15, 0.2) is 0 Å². The maximum Gasteiger partial charge on any atom is 0.0627 e. The summed E-state index contributed by atoms with van der Waals surface area (Å²) in [5, 5.41) is 8.09. The first-order valence-electron chi connectivity index (χ1n) is 6.95. The third kappa shape index (κ3) is 4.50. The van der Waals surface area contributed by atoms with Gasteiger partial charge in [-0.2, -0.15) is 5.10 Å². The van der Waals surface area contributed by atoms with Crippen LogP contribution < -0.4 is 5.32 Å². The molecule has 3 heteroatoms. The molecule has 0 aromatic carbocycles. The fourth-order valence-corrected chi connectivity index (χ4v) is 1.92. The molecular weight excluding hydrogens is 210 g/mol. The number of hydrogen-bond donors (Lipinski definition) is 1. The van der Waals surface area contributed by atoms with E-state index in [2.05, 4.69) is 55.1 Å². The van der Waals surface area contributed by atoms with E-state index in [1.807, 2.05) is 0 Å². The summed E-state index contributed by atoms with van der Waals surface area (Å²) in [6.45, 7) is 11.0. The molecule has 0 aliphatic heterocycles. The van der Waals surface area contributed by atoms with Crippen molar-refractivity contribution in [3.8, 4) is 0 Å². The molecule has 1 N–H and O–H groups in total. The summed E-state index contributed by atoms with van der Waals surface area (Å²) in [6.07, 6.45) is 5.55. The average molecular weight is 237 g/mol. The summed E-state index contributed by atoms with van der Waals surface area (Å²) < 4.78 is 2.09. The molecule has 0 amide bonds. The van der Waals surface area contributed by atoms with E-state index in [-0.39, 0.29) is 0 Å². The highest BCUT2D eigenvalue weighted by atomic mass is 15.3. The first kappa shape index (κ1) is 14.2. The Bertz CT molecular complexity index is 306. The van der Waals surface area contributed by atoms with Crippen LogP contribution in [0.15, 0.2) is 12.3 Å². The Hall–Kier alpha value is -0.830. The Labute approximate surface area is 106 Å². The molecule has 0 fully saturated rings. The van der Waals surface area contributed by atoms with Crippen LogP contribution in [0.1, 0.15) is 52.3 Å². The predicted molar refractivity (Wildman–Crippen MR) is 73.3 cm³/mol. The number of hydrogen-bond acceptors (Lipinski definition) is 2. The van der Waals surface area contributed by atoms with E-state index in [9.17, 15) is 0 Å². The van der Waals surface area contributed by atoms with Crippen molar-refractivity contribution < 1.29 is 0 Å². The molecule has 1 aromatic heterocycles. The van der Waals surface area contributed by atoms with Crippen molar-refractivity contribution in [2.45, 2.75) is 53.0 Å². The van der Waals surface area contributed by atoms with E-state index in [0.29, 0.717) is 12.0 Å². The molecule has 0 bridgehead atoms. The highest BCUT2D eigenvalue weighted by Crippen LogP contribution is 2.13. The van der Waals surface area contributed by atoms with E-state index < -0.39 is 0 Å². The highest BCUT2D eigenvalue weighted by molar-refractivity contribution is 5.01. The highest BCUT2D eigenvalue weighted by Gasteiger charge is 2.10. The van der Waals surface area contributed by atoms with E-state index in [4.69, 9.17) is 0 Å². The van der Waals surface area contributed by atoms with Gasteiger partial charge >= 0.3 is 0 Å². The number of aromatic nitrogens is 2. The predicted octanol–water partition coefficient (Wildman–Crippen LogP) is 3.03. The Morgan fingerprint density at radius 3 is 2.65 bits per heavy atom. The SMILES string of the molecule is CCNCC(CC)Cc1ccn(C(C)CC)n1. The van der Waals surface area contributed by atoms with Gasteiger partial charge in [0.25, 0.3) is 0 Å². The van der Waals surface area contributed by atoms with Crippen molar-refractivity contribution in [1.82, 2.24) is 15.1 Å². The molecule has 3 nitrogen and oxygen atoms in total. The first-order valence-corrected chi connectivity index (χ1v) is 6.95. The second kappa shape index (κ2) is 7.49. The van der Waals surface area contributed by atoms with Crippen molar-refractivity contribution in [2.24, 2.45) is 5.92 Å². The van der Waals surface area contributed by atoms with Crippen LogP contribution in [0.25, 0.3) is 0 Å². The lowest BCUT2D eigenvalue weighted by molar-refractivity contribution is 0.444. The van der Waals surface area contributed by atoms with Gasteiger partial charge < -0.3 is 5.32 Å². The van der Waals surface area contributed by atoms with Gasteiger partial charge in [-0.15, -0.1) is 0 Å². The molecule has 0 spiro atoms. The fourth-order valence-electron chi connectivity index (χ4n) is 1.92. The van der Waals surface area contributed by atoms with Crippen molar-refractivity contribution in [3.63, 3.8) is 0 Å². The molecule has 1 rings (SSSR count). The van der Waals surface area contributed by atoms with Crippen molar-refractivity contribution in [2.75, 3.05) is 13.1 Å². The lowest BCUT2D eigenvalue weighted by Gasteiger charge is -2.14. The van der Waals surface area contributed by atoms with Crippen LogP contribution in [0.3, 0.4) is 0 Å². The summed E-state index contributed by atoms with van der Waals surface area (Å²) in [5.74, 6) is 0.704. The number of nitrogens with zero attached hydrogens (tertiary/aromatic N) is 2. The zero-order valence-electron chi connectivity index (χ0n) is 11.7. The molecule has 17 heavy (non-hydrogen) atoms. The van der Waals surface area contributed by atoms with Crippen LogP contribution in [0.4, 0.5) is 0 Å². The molecule has 98 valence electrons. The summed E-state index contributed by atoms with van der Waals surface area (Å²) >= 11 is 0. The Kier molecular flexibility index (Phi) is 6.27. The standard InChI is InChI=1S/C14H27N3/c1-5-12(4)17-9-8-14(16-17)10-13(6-2)11-15-7-3/h8-9,12-13,15H,5-7,10-11H2,1-4H3. The topological polar surface area (TPSA) is 29.9 Å². The molecule has 0 saturated heterocycles. The van der Waals surface area contributed by atoms with Gasteiger partial charge in [-0.1, -0.05) is 27.2 Å². The fraction of sp³-hybridized carbons (Fsp3) is 0.786. The molecule has 0 aliphatic carbocycles. The van der Waals surface area contributed by atoms with E-state index in [0.717, 1.165) is 25.9 Å². The van der Waals surface area contributed by atoms with Crippen LogP contribution in [0.5, 0.6) is 0 Å². The minimum Gasteiger partial charge on any atom is -0.317 e. The molecule has 2 atom stereocenters. The van der Waals surface area contributed by atoms with Gasteiger partial charge in [0.05, 0.1) is 5.69 Å². The third-order valence-electron chi connectivity index (χ3n) is 3.46. The minimum atomic E-state index is 0.512. The van der Waals surface area contributed by atoms with Crippen molar-refractivity contribution in [1.29, 1.82) is 0 Å². The normalized spacial score (nSPS) is 14.8. The van der Waals surface area contributed by atoms with Gasteiger partial charge in [0, 0.05) is 12.2 Å². The molecule has 1 heterocycles. The molecular formula is C14H27N3. The molecule has 0 radical (unpaired) electrons. The van der Waals surface area contributed by atoms with Crippen LogP contribution >= 0.6 is 0 Å². The monoisotopic (exact) mass is 237 g/mol. The number of rotatable bonds is 8. The smallest absolute Gasteiger partial charge is 0.0627 e. The van der Waals surface area contributed by atoms with Crippen molar-refractivity contribution in [3.05, 3.63) is 18.0 Å². The van der Waals surface area contributed by atoms with E-state index in [1.54, 1.807) is 0 Å².